The summed E-state index contributed by atoms with van der Waals surface area (Å²) in [5.41, 5.74) is 2.55. The van der Waals surface area contributed by atoms with E-state index in [0.29, 0.717) is 5.56 Å². The van der Waals surface area contributed by atoms with Crippen molar-refractivity contribution in [3.63, 3.8) is 0 Å². The smallest absolute Gasteiger partial charge is 0.335 e. The first-order valence-electron chi connectivity index (χ1n) is 6.95. The van der Waals surface area contributed by atoms with Crippen molar-refractivity contribution in [2.75, 3.05) is 0 Å². The fraction of sp³-hybridized carbons (Fsp3) is 0.375. The number of carboxylic acids is 1. The summed E-state index contributed by atoms with van der Waals surface area (Å²) >= 11 is 0. The molecule has 2 aromatic rings. The molecule has 0 aliphatic rings. The standard InChI is InChI=1S/C16H20N2O2/c1-3-4-5-15-17-10-12(2)18(15)11-13-6-8-14(9-7-13)16(19)20/h6-10H,3-5,11H2,1-2H3,(H,19,20). The number of hydrogen-bond donors (Lipinski definition) is 1. The molecular weight excluding hydrogens is 252 g/mol. The maximum absolute atomic E-state index is 10.8. The Morgan fingerprint density at radius 1 is 1.30 bits per heavy atom. The monoisotopic (exact) mass is 272 g/mol. The van der Waals surface area contributed by atoms with Crippen LogP contribution in [-0.4, -0.2) is 20.6 Å². The van der Waals surface area contributed by atoms with E-state index in [4.69, 9.17) is 5.11 Å². The van der Waals surface area contributed by atoms with Gasteiger partial charge in [0, 0.05) is 24.9 Å². The van der Waals surface area contributed by atoms with E-state index < -0.39 is 5.97 Å². The lowest BCUT2D eigenvalue weighted by Gasteiger charge is -2.10. The van der Waals surface area contributed by atoms with Crippen LogP contribution in [0.1, 0.15) is 47.2 Å². The molecule has 1 aromatic carbocycles. The van der Waals surface area contributed by atoms with E-state index in [0.717, 1.165) is 42.9 Å². The molecule has 0 aliphatic carbocycles. The zero-order valence-electron chi connectivity index (χ0n) is 12.0. The minimum Gasteiger partial charge on any atom is -0.478 e. The summed E-state index contributed by atoms with van der Waals surface area (Å²) in [4.78, 5) is 15.3. The van der Waals surface area contributed by atoms with Crippen molar-refractivity contribution in [3.8, 4) is 0 Å². The van der Waals surface area contributed by atoms with Crippen molar-refractivity contribution in [3.05, 3.63) is 53.1 Å². The third kappa shape index (κ3) is 3.26. The molecule has 4 nitrogen and oxygen atoms in total. The molecule has 0 saturated heterocycles. The quantitative estimate of drug-likeness (QED) is 0.878. The van der Waals surface area contributed by atoms with Crippen molar-refractivity contribution in [1.82, 2.24) is 9.55 Å². The number of nitrogens with zero attached hydrogens (tertiary/aromatic N) is 2. The van der Waals surface area contributed by atoms with Crippen LogP contribution in [0.15, 0.2) is 30.5 Å². The van der Waals surface area contributed by atoms with Gasteiger partial charge in [-0.05, 0) is 31.0 Å². The average molecular weight is 272 g/mol. The Labute approximate surface area is 119 Å². The average Bonchev–Trinajstić information content (AvgIpc) is 2.78. The largest absolute Gasteiger partial charge is 0.478 e. The van der Waals surface area contributed by atoms with Crippen LogP contribution in [-0.2, 0) is 13.0 Å². The highest BCUT2D eigenvalue weighted by molar-refractivity contribution is 5.87. The van der Waals surface area contributed by atoms with E-state index in [9.17, 15) is 4.79 Å². The first-order valence-corrected chi connectivity index (χ1v) is 6.95. The second-order valence-corrected chi connectivity index (χ2v) is 5.01. The van der Waals surface area contributed by atoms with E-state index >= 15 is 0 Å². The fourth-order valence-electron chi connectivity index (χ4n) is 2.20. The molecule has 0 saturated carbocycles. The Morgan fingerprint density at radius 2 is 2.00 bits per heavy atom. The number of rotatable bonds is 6. The summed E-state index contributed by atoms with van der Waals surface area (Å²) in [7, 11) is 0. The van der Waals surface area contributed by atoms with Crippen molar-refractivity contribution >= 4 is 5.97 Å². The summed E-state index contributed by atoms with van der Waals surface area (Å²) in [6.07, 6.45) is 5.17. The number of aromatic nitrogens is 2. The van der Waals surface area contributed by atoms with Gasteiger partial charge in [-0.2, -0.15) is 0 Å². The van der Waals surface area contributed by atoms with Gasteiger partial charge in [-0.15, -0.1) is 0 Å². The molecule has 1 heterocycles. The summed E-state index contributed by atoms with van der Waals surface area (Å²) in [6, 6.07) is 7.03. The maximum Gasteiger partial charge on any atom is 0.335 e. The minimum absolute atomic E-state index is 0.322. The Morgan fingerprint density at radius 3 is 2.60 bits per heavy atom. The normalized spacial score (nSPS) is 10.7. The lowest BCUT2D eigenvalue weighted by molar-refractivity contribution is 0.0697. The van der Waals surface area contributed by atoms with Gasteiger partial charge in [0.05, 0.1) is 5.56 Å². The molecule has 0 radical (unpaired) electrons. The van der Waals surface area contributed by atoms with Gasteiger partial charge < -0.3 is 9.67 Å². The van der Waals surface area contributed by atoms with E-state index in [1.54, 1.807) is 12.1 Å². The Balaban J connectivity index is 2.16. The number of aromatic carboxylic acids is 1. The third-order valence-electron chi connectivity index (χ3n) is 3.43. The summed E-state index contributed by atoms with van der Waals surface area (Å²) in [5, 5.41) is 8.90. The fourth-order valence-corrected chi connectivity index (χ4v) is 2.20. The van der Waals surface area contributed by atoms with Gasteiger partial charge in [0.2, 0.25) is 0 Å². The van der Waals surface area contributed by atoms with Crippen molar-refractivity contribution in [2.24, 2.45) is 0 Å². The van der Waals surface area contributed by atoms with Gasteiger partial charge in [-0.25, -0.2) is 9.78 Å². The predicted molar refractivity (Wildman–Crippen MR) is 78.1 cm³/mol. The number of carbonyl (C=O) groups is 1. The second kappa shape index (κ2) is 6.37. The molecule has 2 rings (SSSR count). The number of imidazole rings is 1. The maximum atomic E-state index is 10.8. The summed E-state index contributed by atoms with van der Waals surface area (Å²) in [5.74, 6) is 0.214. The molecule has 0 spiro atoms. The SMILES string of the molecule is CCCCc1ncc(C)n1Cc1ccc(C(=O)O)cc1. The van der Waals surface area contributed by atoms with Gasteiger partial charge in [0.25, 0.3) is 0 Å². The summed E-state index contributed by atoms with van der Waals surface area (Å²) in [6.45, 7) is 4.96. The predicted octanol–water partition coefficient (Wildman–Crippen LogP) is 3.28. The van der Waals surface area contributed by atoms with E-state index in [1.165, 1.54) is 0 Å². The van der Waals surface area contributed by atoms with Crippen molar-refractivity contribution in [2.45, 2.75) is 39.7 Å². The van der Waals surface area contributed by atoms with Crippen LogP contribution in [0.2, 0.25) is 0 Å². The molecule has 0 fully saturated rings. The van der Waals surface area contributed by atoms with Crippen LogP contribution in [0.5, 0.6) is 0 Å². The number of benzene rings is 1. The number of carboxylic acid groups (broad SMARTS) is 1. The van der Waals surface area contributed by atoms with E-state index in [2.05, 4.69) is 16.5 Å². The van der Waals surface area contributed by atoms with Crippen LogP contribution < -0.4 is 0 Å². The molecule has 1 N–H and O–H groups in total. The molecule has 0 aliphatic heterocycles. The van der Waals surface area contributed by atoms with E-state index in [1.807, 2.05) is 25.3 Å². The highest BCUT2D eigenvalue weighted by Gasteiger charge is 2.08. The number of hydrogen-bond acceptors (Lipinski definition) is 2. The molecule has 0 unspecified atom stereocenters. The van der Waals surface area contributed by atoms with Crippen molar-refractivity contribution < 1.29 is 9.90 Å². The Kier molecular flexibility index (Phi) is 4.56. The molecule has 106 valence electrons. The van der Waals surface area contributed by atoms with Crippen LogP contribution >= 0.6 is 0 Å². The lowest BCUT2D eigenvalue weighted by Crippen LogP contribution is -2.07. The highest BCUT2D eigenvalue weighted by Crippen LogP contribution is 2.13. The third-order valence-corrected chi connectivity index (χ3v) is 3.43. The topological polar surface area (TPSA) is 55.1 Å². The van der Waals surface area contributed by atoms with Gasteiger partial charge in [-0.3, -0.25) is 0 Å². The molecule has 0 atom stereocenters. The van der Waals surface area contributed by atoms with Crippen LogP contribution in [0.3, 0.4) is 0 Å². The number of unbranched alkanes of at least 4 members (excludes halogenated alkanes) is 1. The summed E-state index contributed by atoms with van der Waals surface area (Å²) < 4.78 is 2.20. The molecule has 20 heavy (non-hydrogen) atoms. The van der Waals surface area contributed by atoms with Crippen LogP contribution in [0.25, 0.3) is 0 Å². The van der Waals surface area contributed by atoms with Crippen LogP contribution in [0, 0.1) is 6.92 Å². The zero-order chi connectivity index (χ0) is 14.5. The van der Waals surface area contributed by atoms with Crippen molar-refractivity contribution in [1.29, 1.82) is 0 Å². The first-order chi connectivity index (χ1) is 9.61. The minimum atomic E-state index is -0.890. The second-order valence-electron chi connectivity index (χ2n) is 5.01. The van der Waals surface area contributed by atoms with Gasteiger partial charge in [0.15, 0.2) is 0 Å². The molecule has 0 bridgehead atoms. The lowest BCUT2D eigenvalue weighted by atomic mass is 10.1. The van der Waals surface area contributed by atoms with Gasteiger partial charge in [0.1, 0.15) is 5.82 Å². The van der Waals surface area contributed by atoms with Crippen LogP contribution in [0.4, 0.5) is 0 Å². The Hall–Kier alpha value is -2.10. The number of aryl methyl sites for hydroxylation is 2. The molecule has 4 heteroatoms. The highest BCUT2D eigenvalue weighted by atomic mass is 16.4. The molecule has 0 amide bonds. The van der Waals surface area contributed by atoms with Gasteiger partial charge in [-0.1, -0.05) is 25.5 Å². The first kappa shape index (κ1) is 14.3. The Bertz CT molecular complexity index is 585. The molecular formula is C16H20N2O2. The van der Waals surface area contributed by atoms with Gasteiger partial charge >= 0.3 is 5.97 Å². The van der Waals surface area contributed by atoms with E-state index in [-0.39, 0.29) is 0 Å². The molecule has 1 aromatic heterocycles. The zero-order valence-corrected chi connectivity index (χ0v) is 12.0.